The number of fused-ring (bicyclic) bond motifs is 5. The van der Waals surface area contributed by atoms with Gasteiger partial charge in [-0.25, -0.2) is 0 Å². The topological polar surface area (TPSA) is 132 Å². The van der Waals surface area contributed by atoms with Crippen molar-refractivity contribution in [3.8, 4) is 0 Å². The molecule has 0 radical (unpaired) electrons. The van der Waals surface area contributed by atoms with E-state index in [9.17, 15) is 29.7 Å². The molecule has 7 heteroatoms. The minimum Gasteiger partial charge on any atom is -0.481 e. The quantitative estimate of drug-likeness (QED) is 0.529. The number of carbonyl (C=O) groups excluding carboxylic acids is 2. The van der Waals surface area contributed by atoms with Gasteiger partial charge in [-0.05, 0) is 67.6 Å². The molecule has 4 aliphatic rings. The first-order valence-corrected chi connectivity index (χ1v) is 11.7. The molecule has 0 aromatic carbocycles. The zero-order chi connectivity index (χ0) is 22.9. The fraction of sp³-hybridized carbons (Fsp3) is 0.875. The highest BCUT2D eigenvalue weighted by Gasteiger charge is 2.71. The number of rotatable bonds is 4. The van der Waals surface area contributed by atoms with Gasteiger partial charge < -0.3 is 20.4 Å². The second kappa shape index (κ2) is 7.35. The van der Waals surface area contributed by atoms with Crippen molar-refractivity contribution < 1.29 is 34.8 Å². The third-order valence-corrected chi connectivity index (χ3v) is 9.95. The van der Waals surface area contributed by atoms with Crippen LogP contribution in [0.2, 0.25) is 0 Å². The van der Waals surface area contributed by atoms with Crippen LogP contribution in [0.15, 0.2) is 0 Å². The lowest BCUT2D eigenvalue weighted by Gasteiger charge is -2.60. The fourth-order valence-electron chi connectivity index (χ4n) is 8.42. The number of carboxylic acid groups (broad SMARTS) is 1. The van der Waals surface area contributed by atoms with Crippen LogP contribution >= 0.6 is 0 Å². The smallest absolute Gasteiger partial charge is 0.306 e. The van der Waals surface area contributed by atoms with Gasteiger partial charge in [-0.15, -0.1) is 0 Å². The van der Waals surface area contributed by atoms with Gasteiger partial charge >= 0.3 is 5.97 Å². The average Bonchev–Trinajstić information content (AvgIpc) is 2.88. The van der Waals surface area contributed by atoms with E-state index in [1.807, 2.05) is 0 Å². The zero-order valence-electron chi connectivity index (χ0n) is 18.7. The summed E-state index contributed by atoms with van der Waals surface area (Å²) >= 11 is 0. The Morgan fingerprint density at radius 3 is 2.48 bits per heavy atom. The van der Waals surface area contributed by atoms with E-state index >= 15 is 0 Å². The molecule has 0 aliphatic heterocycles. The van der Waals surface area contributed by atoms with Crippen molar-refractivity contribution >= 4 is 17.5 Å². The van der Waals surface area contributed by atoms with Crippen LogP contribution in [-0.4, -0.2) is 55.8 Å². The fourth-order valence-corrected chi connectivity index (χ4v) is 8.42. The van der Waals surface area contributed by atoms with Crippen LogP contribution in [-0.2, 0) is 14.4 Å². The summed E-state index contributed by atoms with van der Waals surface area (Å²) in [5, 5.41) is 41.2. The van der Waals surface area contributed by atoms with Crippen LogP contribution in [0, 0.1) is 40.4 Å². The van der Waals surface area contributed by atoms with E-state index in [1.54, 1.807) is 13.8 Å². The Balaban J connectivity index is 1.69. The van der Waals surface area contributed by atoms with Crippen molar-refractivity contribution in [1.82, 2.24) is 0 Å². The monoisotopic (exact) mass is 436 g/mol. The molecule has 7 nitrogen and oxygen atoms in total. The lowest BCUT2D eigenvalue weighted by molar-refractivity contribution is -0.186. The van der Waals surface area contributed by atoms with Crippen LogP contribution in [0.1, 0.15) is 72.1 Å². The van der Waals surface area contributed by atoms with Gasteiger partial charge in [0.1, 0.15) is 17.5 Å². The Kier molecular flexibility index (Phi) is 5.43. The third-order valence-electron chi connectivity index (χ3n) is 9.95. The van der Waals surface area contributed by atoms with Gasteiger partial charge in [0.05, 0.1) is 12.5 Å². The molecule has 10 atom stereocenters. The number of aliphatic hydroxyl groups excluding tert-OH is 2. The van der Waals surface area contributed by atoms with E-state index in [0.29, 0.717) is 18.8 Å². The molecule has 0 spiro atoms. The summed E-state index contributed by atoms with van der Waals surface area (Å²) in [6, 6.07) is 0. The molecule has 0 amide bonds. The van der Waals surface area contributed by atoms with E-state index < -0.39 is 41.2 Å². The molecule has 0 aromatic rings. The van der Waals surface area contributed by atoms with Crippen molar-refractivity contribution in [2.24, 2.45) is 40.4 Å². The van der Waals surface area contributed by atoms with Gasteiger partial charge in [0, 0.05) is 17.8 Å². The van der Waals surface area contributed by atoms with Gasteiger partial charge in [-0.2, -0.15) is 0 Å². The highest BCUT2D eigenvalue weighted by molar-refractivity contribution is 5.96. The van der Waals surface area contributed by atoms with Crippen molar-refractivity contribution in [2.75, 3.05) is 0 Å². The zero-order valence-corrected chi connectivity index (χ0v) is 18.7. The Morgan fingerprint density at radius 2 is 1.84 bits per heavy atom. The maximum atomic E-state index is 13.6. The second-order valence-corrected chi connectivity index (χ2v) is 11.4. The summed E-state index contributed by atoms with van der Waals surface area (Å²) in [6.45, 7) is 5.76. The summed E-state index contributed by atoms with van der Waals surface area (Å²) in [4.78, 5) is 37.8. The molecule has 4 rings (SSSR count). The number of aliphatic carboxylic acids is 1. The lowest BCUT2D eigenvalue weighted by atomic mass is 9.43. The predicted molar refractivity (Wildman–Crippen MR) is 111 cm³/mol. The Hall–Kier alpha value is -1.31. The summed E-state index contributed by atoms with van der Waals surface area (Å²) < 4.78 is 0. The third kappa shape index (κ3) is 3.06. The maximum absolute atomic E-state index is 13.6. The Labute approximate surface area is 183 Å². The maximum Gasteiger partial charge on any atom is 0.306 e. The molecule has 0 saturated heterocycles. The molecule has 4 saturated carbocycles. The van der Waals surface area contributed by atoms with Gasteiger partial charge in [0.25, 0.3) is 0 Å². The number of carboxylic acids is 1. The largest absolute Gasteiger partial charge is 0.481 e. The Morgan fingerprint density at radius 1 is 1.16 bits per heavy atom. The number of hydrogen-bond acceptors (Lipinski definition) is 6. The van der Waals surface area contributed by atoms with E-state index in [-0.39, 0.29) is 41.5 Å². The average molecular weight is 437 g/mol. The van der Waals surface area contributed by atoms with Crippen molar-refractivity contribution in [2.45, 2.75) is 89.9 Å². The van der Waals surface area contributed by atoms with Crippen LogP contribution in [0.5, 0.6) is 0 Å². The molecular formula is C24H36O7. The minimum atomic E-state index is -1.92. The molecule has 4 aliphatic carbocycles. The number of carbonyl (C=O) groups is 3. The molecule has 0 aromatic heterocycles. The van der Waals surface area contributed by atoms with E-state index in [1.165, 1.54) is 0 Å². The predicted octanol–water partition coefficient (Wildman–Crippen LogP) is 1.95. The van der Waals surface area contributed by atoms with Crippen molar-refractivity contribution in [3.05, 3.63) is 0 Å². The Bertz CT molecular complexity index is 795. The van der Waals surface area contributed by atoms with E-state index in [0.717, 1.165) is 25.7 Å². The van der Waals surface area contributed by atoms with Crippen molar-refractivity contribution in [3.63, 3.8) is 0 Å². The lowest BCUT2D eigenvalue weighted by Crippen LogP contribution is -2.64. The molecular weight excluding hydrogens is 400 g/mol. The van der Waals surface area contributed by atoms with E-state index in [2.05, 4.69) is 6.92 Å². The van der Waals surface area contributed by atoms with Crippen LogP contribution in [0.3, 0.4) is 0 Å². The first-order valence-electron chi connectivity index (χ1n) is 11.7. The standard InChI is InChI=1S/C24H36O7/c1-12-8-16-15-5-4-13-9-14(25)6-7-22(13,2)20(15)18(27)11-23(16,3)24(12,31)21(30)17(26)10-19(28)29/h12-17,20,25-26,31H,4-11H2,1-3H3,(H,28,29)/t12?,13?,14?,15-,16-,17?,20+,22-,23-,24-/m0/s1. The molecule has 0 heterocycles. The van der Waals surface area contributed by atoms with Gasteiger partial charge in [0.2, 0.25) is 0 Å². The molecule has 4 fully saturated rings. The highest BCUT2D eigenvalue weighted by Crippen LogP contribution is 2.68. The highest BCUT2D eigenvalue weighted by atomic mass is 16.4. The van der Waals surface area contributed by atoms with E-state index in [4.69, 9.17) is 5.11 Å². The van der Waals surface area contributed by atoms with Crippen LogP contribution in [0.4, 0.5) is 0 Å². The van der Waals surface area contributed by atoms with Crippen LogP contribution < -0.4 is 0 Å². The molecule has 4 unspecified atom stereocenters. The first kappa shape index (κ1) is 22.9. The summed E-state index contributed by atoms with van der Waals surface area (Å²) in [7, 11) is 0. The summed E-state index contributed by atoms with van der Waals surface area (Å²) in [6.07, 6.45) is 1.80. The number of ketones is 2. The van der Waals surface area contributed by atoms with Gasteiger partial charge in [-0.1, -0.05) is 20.8 Å². The van der Waals surface area contributed by atoms with Crippen LogP contribution in [0.25, 0.3) is 0 Å². The molecule has 31 heavy (non-hydrogen) atoms. The van der Waals surface area contributed by atoms with Gasteiger partial charge in [-0.3, -0.25) is 14.4 Å². The SMILES string of the molecule is CC1C[C@H]2[C@@H]3CCC4CC(O)CC[C@]4(C)[C@H]3C(=O)C[C@]2(C)[C@@]1(O)C(=O)C(O)CC(=O)O. The second-order valence-electron chi connectivity index (χ2n) is 11.4. The number of hydrogen-bond donors (Lipinski definition) is 4. The number of aliphatic hydroxyl groups is 3. The number of Topliss-reactive ketones (excluding diaryl/α,β-unsaturated/α-hetero) is 2. The molecule has 4 N–H and O–H groups in total. The summed E-state index contributed by atoms with van der Waals surface area (Å²) in [5.41, 5.74) is -3.11. The molecule has 0 bridgehead atoms. The first-order chi connectivity index (χ1) is 14.4. The summed E-state index contributed by atoms with van der Waals surface area (Å²) in [5.74, 6) is -2.37. The minimum absolute atomic E-state index is 0.0409. The normalized spacial score (nSPS) is 50.2. The van der Waals surface area contributed by atoms with Gasteiger partial charge in [0.15, 0.2) is 5.78 Å². The molecule has 174 valence electrons. The van der Waals surface area contributed by atoms with Crippen molar-refractivity contribution in [1.29, 1.82) is 0 Å².